The van der Waals surface area contributed by atoms with Crippen molar-refractivity contribution in [1.29, 1.82) is 0 Å². The van der Waals surface area contributed by atoms with Gasteiger partial charge in [-0.2, -0.15) is 0 Å². The summed E-state index contributed by atoms with van der Waals surface area (Å²) in [5.74, 6) is 0.443. The summed E-state index contributed by atoms with van der Waals surface area (Å²) in [7, 11) is 1.71. The third-order valence-electron chi connectivity index (χ3n) is 3.68. The summed E-state index contributed by atoms with van der Waals surface area (Å²) < 4.78 is 7.32. The fourth-order valence-electron chi connectivity index (χ4n) is 2.46. The molecule has 116 valence electrons. The Labute approximate surface area is 138 Å². The van der Waals surface area contributed by atoms with Crippen molar-refractivity contribution in [3.05, 3.63) is 56.6 Å². The fourth-order valence-corrected chi connectivity index (χ4v) is 2.76. The molecule has 2 aromatic rings. The van der Waals surface area contributed by atoms with Crippen molar-refractivity contribution >= 4 is 29.0 Å². The average Bonchev–Trinajstić information content (AvgIpc) is 2.53. The highest BCUT2D eigenvalue weighted by molar-refractivity contribution is 6.42. The van der Waals surface area contributed by atoms with Gasteiger partial charge < -0.3 is 14.2 Å². The number of hydrogen-bond acceptors (Lipinski definition) is 4. The first-order valence-electron chi connectivity index (χ1n) is 6.89. The highest BCUT2D eigenvalue weighted by atomic mass is 35.5. The Morgan fingerprint density at radius 2 is 2.14 bits per heavy atom. The molecule has 1 aliphatic rings. The number of morpholine rings is 1. The van der Waals surface area contributed by atoms with E-state index in [0.29, 0.717) is 35.6 Å². The van der Waals surface area contributed by atoms with Gasteiger partial charge in [0, 0.05) is 26.0 Å². The van der Waals surface area contributed by atoms with Crippen LogP contribution >= 0.6 is 23.2 Å². The molecule has 1 fully saturated rings. The molecule has 0 unspecified atom stereocenters. The number of ether oxygens (including phenoxy) is 1. The summed E-state index contributed by atoms with van der Waals surface area (Å²) in [5, 5.41) is 1.00. The minimum Gasteiger partial charge on any atom is -0.370 e. The molecule has 3 rings (SSSR count). The lowest BCUT2D eigenvalue weighted by Crippen LogP contribution is -2.42. The Hall–Kier alpha value is -1.56. The van der Waals surface area contributed by atoms with Crippen molar-refractivity contribution in [3.8, 4) is 0 Å². The molecule has 1 aliphatic heterocycles. The quantitative estimate of drug-likeness (QED) is 0.843. The van der Waals surface area contributed by atoms with Crippen LogP contribution in [0.15, 0.2) is 35.4 Å². The van der Waals surface area contributed by atoms with E-state index in [1.165, 1.54) is 4.57 Å². The molecule has 1 aromatic heterocycles. The maximum absolute atomic E-state index is 12.2. The van der Waals surface area contributed by atoms with E-state index in [4.69, 9.17) is 27.9 Å². The molecular weight excluding hydrogens is 325 g/mol. The average molecular weight is 340 g/mol. The second-order valence-electron chi connectivity index (χ2n) is 5.15. The lowest BCUT2D eigenvalue weighted by molar-refractivity contribution is 0.0394. The first-order valence-corrected chi connectivity index (χ1v) is 7.65. The highest BCUT2D eigenvalue weighted by Crippen LogP contribution is 2.29. The van der Waals surface area contributed by atoms with Gasteiger partial charge in [0.1, 0.15) is 6.10 Å². The van der Waals surface area contributed by atoms with Crippen molar-refractivity contribution in [3.63, 3.8) is 0 Å². The Morgan fingerprint density at radius 1 is 1.32 bits per heavy atom. The molecule has 7 heteroatoms. The maximum atomic E-state index is 12.2. The van der Waals surface area contributed by atoms with Crippen molar-refractivity contribution < 1.29 is 4.74 Å². The number of benzene rings is 1. The minimum absolute atomic E-state index is 0.114. The molecule has 0 spiro atoms. The third kappa shape index (κ3) is 2.97. The summed E-state index contributed by atoms with van der Waals surface area (Å²) in [5.41, 5.74) is 0.823. The van der Waals surface area contributed by atoms with E-state index in [1.807, 2.05) is 11.0 Å². The number of nitrogens with zero attached hydrogens (tertiary/aromatic N) is 3. The van der Waals surface area contributed by atoms with Crippen LogP contribution in [0.3, 0.4) is 0 Å². The number of rotatable bonds is 2. The van der Waals surface area contributed by atoms with Gasteiger partial charge in [0.25, 0.3) is 5.56 Å². The van der Waals surface area contributed by atoms with Crippen LogP contribution in [0, 0.1) is 0 Å². The maximum Gasteiger partial charge on any atom is 0.293 e. The number of hydrogen-bond donors (Lipinski definition) is 0. The van der Waals surface area contributed by atoms with Gasteiger partial charge in [-0.05, 0) is 17.7 Å². The first-order chi connectivity index (χ1) is 10.6. The zero-order valence-electron chi connectivity index (χ0n) is 12.0. The van der Waals surface area contributed by atoms with E-state index in [-0.39, 0.29) is 11.7 Å². The van der Waals surface area contributed by atoms with Crippen LogP contribution in [0.25, 0.3) is 0 Å². The van der Waals surface area contributed by atoms with E-state index in [2.05, 4.69) is 4.98 Å². The molecule has 0 N–H and O–H groups in total. The minimum atomic E-state index is -0.171. The van der Waals surface area contributed by atoms with Crippen molar-refractivity contribution in [2.24, 2.45) is 7.05 Å². The van der Waals surface area contributed by atoms with Crippen LogP contribution in [0.2, 0.25) is 10.0 Å². The molecule has 5 nitrogen and oxygen atoms in total. The van der Waals surface area contributed by atoms with Crippen molar-refractivity contribution in [1.82, 2.24) is 9.55 Å². The molecule has 1 saturated heterocycles. The zero-order chi connectivity index (χ0) is 15.7. The summed E-state index contributed by atoms with van der Waals surface area (Å²) >= 11 is 12.0. The van der Waals surface area contributed by atoms with Crippen LogP contribution < -0.4 is 10.5 Å². The fraction of sp³-hybridized carbons (Fsp3) is 0.333. The lowest BCUT2D eigenvalue weighted by atomic mass is 10.1. The summed E-state index contributed by atoms with van der Waals surface area (Å²) in [6, 6.07) is 5.44. The third-order valence-corrected chi connectivity index (χ3v) is 4.42. The van der Waals surface area contributed by atoms with Gasteiger partial charge in [0.05, 0.1) is 23.2 Å². The van der Waals surface area contributed by atoms with Gasteiger partial charge in [-0.3, -0.25) is 4.79 Å². The summed E-state index contributed by atoms with van der Waals surface area (Å²) in [6.45, 7) is 1.69. The Morgan fingerprint density at radius 3 is 2.91 bits per heavy atom. The van der Waals surface area contributed by atoms with Crippen LogP contribution in [-0.2, 0) is 11.8 Å². The van der Waals surface area contributed by atoms with Crippen LogP contribution in [0.4, 0.5) is 5.82 Å². The van der Waals surface area contributed by atoms with E-state index in [9.17, 15) is 4.79 Å². The molecule has 1 atom stereocenters. The second-order valence-corrected chi connectivity index (χ2v) is 5.96. The molecule has 0 saturated carbocycles. The second kappa shape index (κ2) is 6.28. The van der Waals surface area contributed by atoms with Gasteiger partial charge in [-0.25, -0.2) is 4.98 Å². The number of anilines is 1. The van der Waals surface area contributed by atoms with Gasteiger partial charge in [0.15, 0.2) is 5.82 Å². The summed E-state index contributed by atoms with van der Waals surface area (Å²) in [4.78, 5) is 18.3. The Kier molecular flexibility index (Phi) is 4.38. The van der Waals surface area contributed by atoms with Crippen LogP contribution in [-0.4, -0.2) is 29.2 Å². The standard InChI is InChI=1S/C15H15Cl2N3O2/c1-19-5-4-18-14(15(19)21)20-6-7-22-13(9-20)10-2-3-11(16)12(17)8-10/h2-5,8,13H,6-7,9H2,1H3/t13-/m0/s1. The Bertz CT molecular complexity index is 748. The first kappa shape index (κ1) is 15.3. The van der Waals surface area contributed by atoms with E-state index < -0.39 is 0 Å². The SMILES string of the molecule is Cn1ccnc(N2CCO[C@H](c3ccc(Cl)c(Cl)c3)C2)c1=O. The van der Waals surface area contributed by atoms with Gasteiger partial charge in [-0.15, -0.1) is 0 Å². The van der Waals surface area contributed by atoms with E-state index in [0.717, 1.165) is 5.56 Å². The molecular formula is C15H15Cl2N3O2. The number of halogens is 2. The topological polar surface area (TPSA) is 47.4 Å². The number of aryl methyl sites for hydroxylation is 1. The molecule has 1 aromatic carbocycles. The Balaban J connectivity index is 1.86. The van der Waals surface area contributed by atoms with E-state index in [1.54, 1.807) is 31.6 Å². The zero-order valence-corrected chi connectivity index (χ0v) is 13.5. The van der Waals surface area contributed by atoms with Gasteiger partial charge in [-0.1, -0.05) is 29.3 Å². The molecule has 0 aliphatic carbocycles. The number of aromatic nitrogens is 2. The summed E-state index contributed by atoms with van der Waals surface area (Å²) in [6.07, 6.45) is 3.10. The predicted octanol–water partition coefficient (Wildman–Crippen LogP) is 2.67. The van der Waals surface area contributed by atoms with Gasteiger partial charge in [0.2, 0.25) is 0 Å². The van der Waals surface area contributed by atoms with Crippen LogP contribution in [0.5, 0.6) is 0 Å². The normalized spacial score (nSPS) is 18.5. The lowest BCUT2D eigenvalue weighted by Gasteiger charge is -2.33. The smallest absolute Gasteiger partial charge is 0.293 e. The largest absolute Gasteiger partial charge is 0.370 e. The van der Waals surface area contributed by atoms with Crippen LogP contribution in [0.1, 0.15) is 11.7 Å². The molecule has 0 bridgehead atoms. The molecule has 0 amide bonds. The molecule has 2 heterocycles. The van der Waals surface area contributed by atoms with Crippen molar-refractivity contribution in [2.45, 2.75) is 6.10 Å². The monoisotopic (exact) mass is 339 g/mol. The van der Waals surface area contributed by atoms with Crippen molar-refractivity contribution in [2.75, 3.05) is 24.6 Å². The van der Waals surface area contributed by atoms with Gasteiger partial charge >= 0.3 is 0 Å². The van der Waals surface area contributed by atoms with E-state index >= 15 is 0 Å². The molecule has 22 heavy (non-hydrogen) atoms. The molecule has 0 radical (unpaired) electrons. The predicted molar refractivity (Wildman–Crippen MR) is 86.8 cm³/mol. The highest BCUT2D eigenvalue weighted by Gasteiger charge is 2.25.